The van der Waals surface area contributed by atoms with Gasteiger partial charge in [-0.25, -0.2) is 9.59 Å². The molecule has 0 aliphatic heterocycles. The third-order valence-electron chi connectivity index (χ3n) is 5.02. The molecule has 0 fully saturated rings. The Kier molecular flexibility index (Phi) is 7.04. The predicted molar refractivity (Wildman–Crippen MR) is 113 cm³/mol. The summed E-state index contributed by atoms with van der Waals surface area (Å²) in [5.41, 5.74) is 4.49. The second-order valence-corrected chi connectivity index (χ2v) is 7.17. The average molecular weight is 424 g/mol. The molecule has 0 heterocycles. The van der Waals surface area contributed by atoms with E-state index in [1.807, 2.05) is 36.4 Å². The summed E-state index contributed by atoms with van der Waals surface area (Å²) in [7, 11) is 0. The molecule has 31 heavy (non-hydrogen) atoms. The van der Waals surface area contributed by atoms with E-state index in [1.54, 1.807) is 0 Å². The van der Waals surface area contributed by atoms with Crippen LogP contribution >= 0.6 is 0 Å². The van der Waals surface area contributed by atoms with Crippen molar-refractivity contribution in [3.63, 3.8) is 0 Å². The van der Waals surface area contributed by atoms with E-state index in [9.17, 15) is 19.5 Å². The van der Waals surface area contributed by atoms with Crippen LogP contribution in [0.4, 0.5) is 4.79 Å². The summed E-state index contributed by atoms with van der Waals surface area (Å²) in [6.07, 6.45) is 0.577. The summed E-state index contributed by atoms with van der Waals surface area (Å²) in [6, 6.07) is 14.6. The minimum absolute atomic E-state index is 0.0243. The minimum atomic E-state index is -1.41. The molecule has 1 aliphatic carbocycles. The second kappa shape index (κ2) is 9.90. The number of benzene rings is 2. The lowest BCUT2D eigenvalue weighted by molar-refractivity contribution is -0.144. The lowest BCUT2D eigenvalue weighted by Gasteiger charge is -2.15. The van der Waals surface area contributed by atoms with Crippen molar-refractivity contribution in [3.8, 4) is 11.1 Å². The van der Waals surface area contributed by atoms with Gasteiger partial charge in [0.1, 0.15) is 6.61 Å². The SMILES string of the molecule is CC(O)C(NC(=O)/C=C/CNC(=O)OCC1c2ccccc2-c2ccccc21)C(=O)O. The Bertz CT molecular complexity index is 956. The van der Waals surface area contributed by atoms with Gasteiger partial charge in [0, 0.05) is 18.5 Å². The normalized spacial score (nSPS) is 14.4. The molecule has 2 aromatic carbocycles. The Labute approximate surface area is 179 Å². The summed E-state index contributed by atoms with van der Waals surface area (Å²) in [5, 5.41) is 23.0. The Morgan fingerprint density at radius 1 is 1.06 bits per heavy atom. The van der Waals surface area contributed by atoms with Crippen LogP contribution in [0.5, 0.6) is 0 Å². The molecule has 2 aromatic rings. The Balaban J connectivity index is 1.49. The van der Waals surface area contributed by atoms with Crippen molar-refractivity contribution in [3.05, 3.63) is 71.8 Å². The van der Waals surface area contributed by atoms with Gasteiger partial charge < -0.3 is 25.6 Å². The molecular weight excluding hydrogens is 400 g/mol. The van der Waals surface area contributed by atoms with Crippen LogP contribution < -0.4 is 10.6 Å². The van der Waals surface area contributed by atoms with Gasteiger partial charge in [-0.05, 0) is 29.2 Å². The number of carbonyl (C=O) groups is 3. The van der Waals surface area contributed by atoms with Crippen molar-refractivity contribution in [2.45, 2.75) is 25.0 Å². The standard InChI is InChI=1S/C23H24N2O6/c1-14(26)21(22(28)29)25-20(27)11-6-12-24-23(30)31-13-19-17-9-4-2-7-15(17)16-8-3-5-10-18(16)19/h2-11,14,19,21,26H,12-13H2,1H3,(H,24,30)(H,25,27)(H,28,29)/b11-6+. The summed E-state index contributed by atoms with van der Waals surface area (Å²) < 4.78 is 5.38. The number of aliphatic carboxylic acids is 1. The molecule has 0 saturated carbocycles. The van der Waals surface area contributed by atoms with Crippen LogP contribution in [0.3, 0.4) is 0 Å². The lowest BCUT2D eigenvalue weighted by atomic mass is 9.98. The fraction of sp³-hybridized carbons (Fsp3) is 0.261. The smallest absolute Gasteiger partial charge is 0.407 e. The van der Waals surface area contributed by atoms with E-state index in [1.165, 1.54) is 13.0 Å². The Hall–Kier alpha value is -3.65. The summed E-state index contributed by atoms with van der Waals surface area (Å²) >= 11 is 0. The first-order valence-corrected chi connectivity index (χ1v) is 9.85. The number of carboxylic acid groups (broad SMARTS) is 1. The number of alkyl carbamates (subject to hydrolysis) is 1. The van der Waals surface area contributed by atoms with E-state index in [4.69, 9.17) is 9.84 Å². The summed E-state index contributed by atoms with van der Waals surface area (Å²) in [6.45, 7) is 1.47. The number of carbonyl (C=O) groups excluding carboxylic acids is 2. The molecule has 3 rings (SSSR count). The molecule has 2 unspecified atom stereocenters. The zero-order valence-electron chi connectivity index (χ0n) is 16.9. The number of aliphatic hydroxyl groups excluding tert-OH is 1. The molecular formula is C23H24N2O6. The maximum atomic E-state index is 12.0. The van der Waals surface area contributed by atoms with Gasteiger partial charge in [-0.1, -0.05) is 54.6 Å². The monoisotopic (exact) mass is 424 g/mol. The highest BCUT2D eigenvalue weighted by molar-refractivity contribution is 5.91. The number of carboxylic acids is 1. The van der Waals surface area contributed by atoms with Crippen LogP contribution in [0.15, 0.2) is 60.7 Å². The van der Waals surface area contributed by atoms with Crippen LogP contribution in [-0.4, -0.2) is 53.5 Å². The fourth-order valence-corrected chi connectivity index (χ4v) is 3.55. The van der Waals surface area contributed by atoms with Gasteiger partial charge >= 0.3 is 12.1 Å². The Morgan fingerprint density at radius 3 is 2.19 bits per heavy atom. The van der Waals surface area contributed by atoms with Gasteiger partial charge in [-0.2, -0.15) is 0 Å². The van der Waals surface area contributed by atoms with E-state index in [0.29, 0.717) is 0 Å². The second-order valence-electron chi connectivity index (χ2n) is 7.17. The van der Waals surface area contributed by atoms with Gasteiger partial charge in [0.05, 0.1) is 6.10 Å². The first kappa shape index (κ1) is 22.0. The van der Waals surface area contributed by atoms with E-state index >= 15 is 0 Å². The van der Waals surface area contributed by atoms with E-state index in [0.717, 1.165) is 28.3 Å². The highest BCUT2D eigenvalue weighted by Gasteiger charge is 2.29. The third kappa shape index (κ3) is 5.29. The lowest BCUT2D eigenvalue weighted by Crippen LogP contribution is -2.47. The molecule has 2 amide bonds. The van der Waals surface area contributed by atoms with Crippen LogP contribution in [0, 0.1) is 0 Å². The van der Waals surface area contributed by atoms with Gasteiger partial charge in [0.25, 0.3) is 0 Å². The molecule has 0 bridgehead atoms. The molecule has 0 saturated heterocycles. The Morgan fingerprint density at radius 2 is 1.65 bits per heavy atom. The molecule has 162 valence electrons. The molecule has 4 N–H and O–H groups in total. The predicted octanol–water partition coefficient (Wildman–Crippen LogP) is 2.03. The van der Waals surface area contributed by atoms with E-state index in [-0.39, 0.29) is 19.1 Å². The number of fused-ring (bicyclic) bond motifs is 3. The number of rotatable bonds is 8. The van der Waals surface area contributed by atoms with Crippen molar-refractivity contribution in [2.75, 3.05) is 13.2 Å². The van der Waals surface area contributed by atoms with E-state index in [2.05, 4.69) is 22.8 Å². The first-order chi connectivity index (χ1) is 14.9. The summed E-state index contributed by atoms with van der Waals surface area (Å²) in [5.74, 6) is -2.08. The van der Waals surface area contributed by atoms with Crippen molar-refractivity contribution >= 4 is 18.0 Å². The minimum Gasteiger partial charge on any atom is -0.480 e. The molecule has 0 spiro atoms. The quantitative estimate of drug-likeness (QED) is 0.481. The van der Waals surface area contributed by atoms with E-state index < -0.39 is 30.1 Å². The number of hydrogen-bond donors (Lipinski definition) is 4. The highest BCUT2D eigenvalue weighted by Crippen LogP contribution is 2.44. The van der Waals surface area contributed by atoms with Crippen molar-refractivity contribution in [1.29, 1.82) is 0 Å². The zero-order chi connectivity index (χ0) is 22.4. The molecule has 1 aliphatic rings. The van der Waals surface area contributed by atoms with Crippen molar-refractivity contribution in [2.24, 2.45) is 0 Å². The fourth-order valence-electron chi connectivity index (χ4n) is 3.55. The van der Waals surface area contributed by atoms with Crippen LogP contribution in [0.1, 0.15) is 24.0 Å². The van der Waals surface area contributed by atoms with Gasteiger partial charge in [-0.3, -0.25) is 4.79 Å². The van der Waals surface area contributed by atoms with Gasteiger partial charge in [-0.15, -0.1) is 0 Å². The van der Waals surface area contributed by atoms with Crippen LogP contribution in [0.2, 0.25) is 0 Å². The van der Waals surface area contributed by atoms with Gasteiger partial charge in [0.15, 0.2) is 6.04 Å². The first-order valence-electron chi connectivity index (χ1n) is 9.85. The topological polar surface area (TPSA) is 125 Å². The highest BCUT2D eigenvalue weighted by atomic mass is 16.5. The maximum Gasteiger partial charge on any atom is 0.407 e. The number of nitrogens with one attached hydrogen (secondary N) is 2. The van der Waals surface area contributed by atoms with Crippen LogP contribution in [-0.2, 0) is 14.3 Å². The molecule has 0 radical (unpaired) electrons. The molecule has 0 aromatic heterocycles. The van der Waals surface area contributed by atoms with Crippen molar-refractivity contribution in [1.82, 2.24) is 10.6 Å². The van der Waals surface area contributed by atoms with Crippen LogP contribution in [0.25, 0.3) is 11.1 Å². The number of amides is 2. The number of ether oxygens (including phenoxy) is 1. The molecule has 8 nitrogen and oxygen atoms in total. The number of hydrogen-bond acceptors (Lipinski definition) is 5. The summed E-state index contributed by atoms with van der Waals surface area (Å²) in [4.78, 5) is 34.7. The molecule has 2 atom stereocenters. The van der Waals surface area contributed by atoms with Gasteiger partial charge in [0.2, 0.25) is 5.91 Å². The molecule has 8 heteroatoms. The maximum absolute atomic E-state index is 12.0. The zero-order valence-corrected chi connectivity index (χ0v) is 16.9. The number of aliphatic hydroxyl groups is 1. The van der Waals surface area contributed by atoms with Crippen molar-refractivity contribution < 1.29 is 29.3 Å². The largest absolute Gasteiger partial charge is 0.480 e. The third-order valence-corrected chi connectivity index (χ3v) is 5.02. The average Bonchev–Trinajstić information content (AvgIpc) is 3.07.